The molecule has 0 N–H and O–H groups in total. The van der Waals surface area contributed by atoms with Crippen LogP contribution in [0.25, 0.3) is 22.0 Å². The van der Waals surface area contributed by atoms with E-state index in [-0.39, 0.29) is 24.6 Å². The third-order valence-corrected chi connectivity index (χ3v) is 9.17. The van der Waals surface area contributed by atoms with Gasteiger partial charge in [-0.1, -0.05) is 60.4 Å². The molecular formula is C41H40F5N3O3S. The van der Waals surface area contributed by atoms with E-state index >= 15 is 9.18 Å². The lowest BCUT2D eigenvalue weighted by Crippen LogP contribution is -2.48. The van der Waals surface area contributed by atoms with Crippen molar-refractivity contribution < 1.29 is 61.6 Å². The van der Waals surface area contributed by atoms with Crippen molar-refractivity contribution in [3.8, 4) is 11.1 Å². The van der Waals surface area contributed by atoms with Crippen molar-refractivity contribution in [1.29, 1.82) is 0 Å². The largest absolute Gasteiger partial charge is 0.416 e. The standard InChI is InChI=1S/C41H40F5N3O3S/c1-27-22-30(14-15-34(27)41(44,45)46)29-12-10-28(11-13-29)24-48(32-16-18-47(19-17-32)20-21-52-2)38(51)25-49-36-9-4-3-7-33(36)37(50)23-39(49)53-26-31-6-5-8-35(42)40(31)43/h3-15,22-23,32H,16-21,24-26H2,1-2H3/i2D3,3D,4D,5D,6D,7D,8D,9D,10D,11D,12D,13D,14D,15D,20D2,21D2,22D,23D. The SMILES string of the molecule is [2H]c1c([2H])c(F)c(F)c(CSc2c([2H])c(=O)c3c([2H])c([2H])c([2H])c([2H])c3n2CC(=O)N(Cc2c([2H])c([2H])c(-c3c([2H])c([2H])c(C(F)(F)F)c(C)c3[2H])c([2H])c2[2H])C2CCN(C([2H])([2H])C([2H])([2H])OC([2H])([2H])[2H])CC2)c1[2H]. The van der Waals surface area contributed by atoms with Gasteiger partial charge in [0.25, 0.3) is 0 Å². The normalized spacial score (nSPS) is 20.9. The van der Waals surface area contributed by atoms with E-state index in [1.807, 2.05) is 0 Å². The van der Waals surface area contributed by atoms with Gasteiger partial charge in [0.1, 0.15) is 6.54 Å². The van der Waals surface area contributed by atoms with Gasteiger partial charge in [-0.25, -0.2) is 8.78 Å². The van der Waals surface area contributed by atoms with Gasteiger partial charge in [-0.2, -0.15) is 13.2 Å². The number of halogens is 5. The molecule has 0 aliphatic carbocycles. The van der Waals surface area contributed by atoms with E-state index in [9.17, 15) is 22.4 Å². The first-order valence-corrected chi connectivity index (χ1v) is 16.5. The topological polar surface area (TPSA) is 54.8 Å². The number of pyridine rings is 1. The second kappa shape index (κ2) is 16.7. The maximum Gasteiger partial charge on any atom is 0.416 e. The van der Waals surface area contributed by atoms with Crippen LogP contribution in [0.2, 0.25) is 0 Å². The number of carbonyl (C=O) groups is 1. The van der Waals surface area contributed by atoms with Crippen LogP contribution in [-0.4, -0.2) is 59.5 Å². The van der Waals surface area contributed by atoms with E-state index < -0.39 is 227 Å². The van der Waals surface area contributed by atoms with Gasteiger partial charge in [0.2, 0.25) is 5.91 Å². The van der Waals surface area contributed by atoms with Gasteiger partial charge in [0, 0.05) is 64.7 Å². The average Bonchev–Trinajstić information content (AvgIpc) is 3.31. The van der Waals surface area contributed by atoms with Crippen molar-refractivity contribution in [3.05, 3.63) is 135 Å². The minimum Gasteiger partial charge on any atom is -0.383 e. The Morgan fingerprint density at radius 1 is 1.00 bits per heavy atom. The Labute approximate surface area is 340 Å². The van der Waals surface area contributed by atoms with E-state index in [0.29, 0.717) is 0 Å². The lowest BCUT2D eigenvalue weighted by molar-refractivity contribution is -0.138. The zero-order chi connectivity index (χ0) is 56.8. The Morgan fingerprint density at radius 2 is 1.74 bits per heavy atom. The molecular weight excluding hydrogens is 710 g/mol. The number of alkyl halides is 3. The Kier molecular flexibility index (Phi) is 6.03. The van der Waals surface area contributed by atoms with Gasteiger partial charge in [-0.3, -0.25) is 9.59 Å². The van der Waals surface area contributed by atoms with Crippen molar-refractivity contribution in [3.63, 3.8) is 0 Å². The number of para-hydroxylation sites is 1. The number of amides is 1. The molecule has 1 aliphatic rings. The van der Waals surface area contributed by atoms with E-state index in [1.165, 1.54) is 0 Å². The molecule has 0 atom stereocenters. The number of piperidine rings is 1. The van der Waals surface area contributed by atoms with Crippen LogP contribution in [0.5, 0.6) is 0 Å². The number of aromatic nitrogens is 1. The van der Waals surface area contributed by atoms with Crippen LogP contribution in [0.3, 0.4) is 0 Å². The highest BCUT2D eigenvalue weighted by Crippen LogP contribution is 2.34. The summed E-state index contributed by atoms with van der Waals surface area (Å²) in [7, 11) is -3.42. The van der Waals surface area contributed by atoms with Gasteiger partial charge >= 0.3 is 6.18 Å². The van der Waals surface area contributed by atoms with Gasteiger partial charge in [-0.15, -0.1) is 11.8 Å². The number of likely N-dealkylation sites (tertiary alicyclic amines) is 1. The maximum atomic E-state index is 15.3. The molecule has 1 saturated heterocycles. The van der Waals surface area contributed by atoms with Crippen LogP contribution in [0.4, 0.5) is 22.0 Å². The van der Waals surface area contributed by atoms with E-state index in [2.05, 4.69) is 4.74 Å². The van der Waals surface area contributed by atoms with Crippen LogP contribution in [0, 0.1) is 18.6 Å². The van der Waals surface area contributed by atoms with Crippen molar-refractivity contribution in [2.75, 3.05) is 33.2 Å². The highest BCUT2D eigenvalue weighted by Gasteiger charge is 2.32. The lowest BCUT2D eigenvalue weighted by Gasteiger charge is -2.39. The Balaban J connectivity index is 1.55. The zero-order valence-electron chi connectivity index (χ0n) is 49.4. The predicted molar refractivity (Wildman–Crippen MR) is 198 cm³/mol. The zero-order valence-corrected chi connectivity index (χ0v) is 28.2. The van der Waals surface area contributed by atoms with E-state index in [4.69, 9.17) is 30.2 Å². The van der Waals surface area contributed by atoms with Crippen LogP contribution < -0.4 is 5.43 Å². The molecule has 1 fully saturated rings. The molecule has 0 spiro atoms. The Morgan fingerprint density at radius 3 is 2.47 bits per heavy atom. The molecule has 0 radical (unpaired) electrons. The Hall–Kier alpha value is -4.52. The van der Waals surface area contributed by atoms with Crippen LogP contribution in [0.1, 0.15) is 65.3 Å². The number of fused-ring (bicyclic) bond motifs is 1. The van der Waals surface area contributed by atoms with Crippen molar-refractivity contribution in [2.45, 2.75) is 55.9 Å². The first-order chi connectivity index (χ1) is 34.3. The van der Waals surface area contributed by atoms with Crippen molar-refractivity contribution in [2.24, 2.45) is 0 Å². The van der Waals surface area contributed by atoms with Crippen molar-refractivity contribution >= 4 is 28.6 Å². The van der Waals surface area contributed by atoms with Crippen LogP contribution in [0.15, 0.2) is 100 Å². The summed E-state index contributed by atoms with van der Waals surface area (Å²) in [4.78, 5) is 30.8. The molecule has 6 rings (SSSR count). The fraction of sp³-hybridized carbons (Fsp3) is 0.317. The second-order valence-electron chi connectivity index (χ2n) is 11.5. The fourth-order valence-electron chi connectivity index (χ4n) is 5.55. The summed E-state index contributed by atoms with van der Waals surface area (Å²) in [6.07, 6.45) is -5.96. The number of carbonyl (C=O) groups excluding carboxylic acids is 1. The first kappa shape index (κ1) is 19.2. The fourth-order valence-corrected chi connectivity index (χ4v) is 6.51. The molecule has 0 saturated carbocycles. The van der Waals surface area contributed by atoms with Gasteiger partial charge in [-0.05, 0) is 66.2 Å². The van der Waals surface area contributed by atoms with Gasteiger partial charge in [0.05, 0.1) is 50.1 Å². The quantitative estimate of drug-likeness (QED) is 0.0939. The van der Waals surface area contributed by atoms with E-state index in [1.54, 1.807) is 0 Å². The predicted octanol–water partition coefficient (Wildman–Crippen LogP) is 8.71. The highest BCUT2D eigenvalue weighted by atomic mass is 32.2. The maximum absolute atomic E-state index is 15.3. The summed E-state index contributed by atoms with van der Waals surface area (Å²) in [6, 6.07) is -17.3. The number of methoxy groups -OCH3 is 1. The molecule has 1 aromatic heterocycles. The van der Waals surface area contributed by atoms with Crippen molar-refractivity contribution in [1.82, 2.24) is 14.4 Å². The molecule has 12 heteroatoms. The van der Waals surface area contributed by atoms with Crippen LogP contribution >= 0.6 is 11.8 Å². The number of rotatable bonds is 12. The number of ether oxygens (including phenoxy) is 1. The smallest absolute Gasteiger partial charge is 0.383 e. The monoisotopic (exact) mass is 771 g/mol. The molecule has 6 nitrogen and oxygen atoms in total. The number of nitrogens with zero attached hydrogens (tertiary/aromatic N) is 3. The molecule has 1 aliphatic heterocycles. The number of hydrogen-bond acceptors (Lipinski definition) is 5. The van der Waals surface area contributed by atoms with Gasteiger partial charge in [0.15, 0.2) is 17.1 Å². The second-order valence-corrected chi connectivity index (χ2v) is 12.5. The van der Waals surface area contributed by atoms with E-state index in [0.717, 1.165) is 21.3 Å². The lowest BCUT2D eigenvalue weighted by atomic mass is 9.98. The summed E-state index contributed by atoms with van der Waals surface area (Å²) >= 11 is 0.278. The number of thioether (sulfide) groups is 1. The molecule has 278 valence electrons. The molecule has 5 aromatic rings. The average molecular weight is 772 g/mol. The third kappa shape index (κ3) is 9.00. The molecule has 4 aromatic carbocycles. The summed E-state index contributed by atoms with van der Waals surface area (Å²) in [6.45, 7) is -9.03. The summed E-state index contributed by atoms with van der Waals surface area (Å²) in [5, 5.41) is -1.51. The molecule has 2 heterocycles. The molecule has 0 unspecified atom stereocenters. The minimum absolute atomic E-state index is 0.278. The van der Waals surface area contributed by atoms with Crippen LogP contribution in [-0.2, 0) is 34.6 Å². The Bertz CT molecular complexity index is 3170. The number of benzene rings is 4. The molecule has 53 heavy (non-hydrogen) atoms. The third-order valence-electron chi connectivity index (χ3n) is 8.14. The summed E-state index contributed by atoms with van der Waals surface area (Å²) in [5.41, 5.74) is -7.83. The summed E-state index contributed by atoms with van der Waals surface area (Å²) in [5.74, 6) is -5.68. The summed E-state index contributed by atoms with van der Waals surface area (Å²) < 4.78 is 261. The molecule has 1 amide bonds. The highest BCUT2D eigenvalue weighted by molar-refractivity contribution is 7.98. The number of hydrogen-bond donors (Lipinski definition) is 0. The first-order valence-electron chi connectivity index (χ1n) is 26.5. The minimum atomic E-state index is -5.22. The van der Waals surface area contributed by atoms with Gasteiger partial charge < -0.3 is 19.1 Å². The molecule has 0 bridgehead atoms.